The fourth-order valence-corrected chi connectivity index (χ4v) is 2.61. The van der Waals surface area contributed by atoms with Gasteiger partial charge in [0.2, 0.25) is 0 Å². The third-order valence-corrected chi connectivity index (χ3v) is 3.76. The lowest BCUT2D eigenvalue weighted by atomic mass is 10.1. The molecular weight excluding hydrogens is 292 g/mol. The molecular formula is C18H20N2O3. The molecule has 0 unspecified atom stereocenters. The number of methoxy groups -OCH3 is 1. The number of nitrogens with one attached hydrogen (secondary N) is 1. The topological polar surface area (TPSA) is 50.8 Å². The first-order valence-electron chi connectivity index (χ1n) is 7.56. The lowest BCUT2D eigenvalue weighted by Gasteiger charge is -2.33. The van der Waals surface area contributed by atoms with E-state index in [1.807, 2.05) is 56.3 Å². The number of urea groups is 1. The van der Waals surface area contributed by atoms with Crippen LogP contribution in [0.4, 0.5) is 16.2 Å². The molecule has 0 radical (unpaired) electrons. The highest BCUT2D eigenvalue weighted by Gasteiger charge is 2.27. The van der Waals surface area contributed by atoms with Crippen LogP contribution in [0, 0.1) is 6.92 Å². The second-order valence-corrected chi connectivity index (χ2v) is 5.67. The van der Waals surface area contributed by atoms with Gasteiger partial charge in [0.25, 0.3) is 0 Å². The molecule has 0 bridgehead atoms. The average Bonchev–Trinajstić information content (AvgIpc) is 2.55. The third kappa shape index (κ3) is 3.23. The highest BCUT2D eigenvalue weighted by molar-refractivity contribution is 6.03. The number of carbonyl (C=O) groups excluding carboxylic acids is 1. The number of aryl methyl sites for hydroxylation is 1. The summed E-state index contributed by atoms with van der Waals surface area (Å²) in [5, 5.41) is 2.92. The van der Waals surface area contributed by atoms with Gasteiger partial charge in [-0.2, -0.15) is 0 Å². The van der Waals surface area contributed by atoms with Crippen LogP contribution < -0.4 is 19.7 Å². The number of anilines is 2. The number of hydrogen-bond acceptors (Lipinski definition) is 3. The number of carbonyl (C=O) groups is 1. The summed E-state index contributed by atoms with van der Waals surface area (Å²) in [7, 11) is 1.61. The monoisotopic (exact) mass is 312 g/mol. The number of fused-ring (bicyclic) bond motifs is 1. The Hall–Kier alpha value is -2.69. The van der Waals surface area contributed by atoms with Gasteiger partial charge < -0.3 is 14.8 Å². The van der Waals surface area contributed by atoms with E-state index in [1.165, 1.54) is 0 Å². The Bertz CT molecular complexity index is 713. The van der Waals surface area contributed by atoms with Crippen LogP contribution in [-0.4, -0.2) is 25.8 Å². The molecule has 120 valence electrons. The predicted molar refractivity (Wildman–Crippen MR) is 90.6 cm³/mol. The molecule has 0 saturated heterocycles. The van der Waals surface area contributed by atoms with Crippen molar-refractivity contribution in [1.29, 1.82) is 0 Å². The summed E-state index contributed by atoms with van der Waals surface area (Å²) in [6.45, 7) is 4.47. The van der Waals surface area contributed by atoms with Crippen molar-refractivity contribution in [3.05, 3.63) is 48.0 Å². The van der Waals surface area contributed by atoms with Crippen LogP contribution in [0.2, 0.25) is 0 Å². The van der Waals surface area contributed by atoms with Crippen molar-refractivity contribution in [2.24, 2.45) is 0 Å². The zero-order valence-electron chi connectivity index (χ0n) is 13.5. The fraction of sp³-hybridized carbons (Fsp3) is 0.278. The van der Waals surface area contributed by atoms with Gasteiger partial charge in [0.1, 0.15) is 17.6 Å². The Morgan fingerprint density at radius 2 is 2.00 bits per heavy atom. The number of nitrogens with zero attached hydrogens (tertiary/aromatic N) is 1. The quantitative estimate of drug-likeness (QED) is 0.917. The molecule has 0 saturated carbocycles. The molecule has 2 aromatic carbocycles. The first-order valence-corrected chi connectivity index (χ1v) is 7.56. The van der Waals surface area contributed by atoms with Crippen molar-refractivity contribution in [3.63, 3.8) is 0 Å². The summed E-state index contributed by atoms with van der Waals surface area (Å²) in [6.07, 6.45) is -0.0492. The van der Waals surface area contributed by atoms with Crippen molar-refractivity contribution in [3.8, 4) is 11.5 Å². The van der Waals surface area contributed by atoms with E-state index >= 15 is 0 Å². The van der Waals surface area contributed by atoms with Crippen LogP contribution in [0.3, 0.4) is 0 Å². The Labute approximate surface area is 135 Å². The molecule has 2 amide bonds. The predicted octanol–water partition coefficient (Wildman–Crippen LogP) is 3.82. The molecule has 0 fully saturated rings. The average molecular weight is 312 g/mol. The Kier molecular flexibility index (Phi) is 4.10. The summed E-state index contributed by atoms with van der Waals surface area (Å²) < 4.78 is 10.9. The molecule has 1 N–H and O–H groups in total. The Morgan fingerprint density at radius 1 is 1.26 bits per heavy atom. The molecule has 3 rings (SSSR count). The second kappa shape index (κ2) is 6.20. The molecule has 1 atom stereocenters. The van der Waals surface area contributed by atoms with Crippen molar-refractivity contribution >= 4 is 17.4 Å². The Morgan fingerprint density at radius 3 is 2.70 bits per heavy atom. The van der Waals surface area contributed by atoms with Gasteiger partial charge in [0, 0.05) is 5.69 Å². The number of amides is 2. The summed E-state index contributed by atoms with van der Waals surface area (Å²) in [5.74, 6) is 1.49. The minimum atomic E-state index is -0.169. The number of benzene rings is 2. The van der Waals surface area contributed by atoms with Crippen LogP contribution in [0.1, 0.15) is 12.5 Å². The highest BCUT2D eigenvalue weighted by Crippen LogP contribution is 2.34. The van der Waals surface area contributed by atoms with E-state index in [9.17, 15) is 4.79 Å². The van der Waals surface area contributed by atoms with Crippen molar-refractivity contribution in [2.75, 3.05) is 23.9 Å². The van der Waals surface area contributed by atoms with Gasteiger partial charge in [-0.3, -0.25) is 4.90 Å². The maximum atomic E-state index is 12.7. The van der Waals surface area contributed by atoms with Crippen molar-refractivity contribution in [1.82, 2.24) is 0 Å². The van der Waals surface area contributed by atoms with E-state index in [2.05, 4.69) is 5.32 Å². The van der Waals surface area contributed by atoms with E-state index in [0.717, 1.165) is 28.4 Å². The second-order valence-electron chi connectivity index (χ2n) is 5.67. The fourth-order valence-electron chi connectivity index (χ4n) is 2.61. The summed E-state index contributed by atoms with van der Waals surface area (Å²) in [4.78, 5) is 14.4. The minimum Gasteiger partial charge on any atom is -0.497 e. The summed E-state index contributed by atoms with van der Waals surface area (Å²) in [6, 6.07) is 13.0. The molecule has 23 heavy (non-hydrogen) atoms. The smallest absolute Gasteiger partial charge is 0.326 e. The van der Waals surface area contributed by atoms with Crippen molar-refractivity contribution in [2.45, 2.75) is 20.0 Å². The van der Waals surface area contributed by atoms with Crippen LogP contribution in [0.15, 0.2) is 42.5 Å². The zero-order chi connectivity index (χ0) is 16.4. The SMILES string of the molecule is COc1ccc(NC(=O)N2C[C@@H](C)Oc3ccc(C)cc32)cc1. The standard InChI is InChI=1S/C18H20N2O3/c1-12-4-9-17-16(10-12)20(11-13(2)23-17)18(21)19-14-5-7-15(22-3)8-6-14/h4-10,13H,11H2,1-3H3,(H,19,21)/t13-/m1/s1. The van der Waals surface area contributed by atoms with Crippen LogP contribution >= 0.6 is 0 Å². The van der Waals surface area contributed by atoms with Crippen LogP contribution in [-0.2, 0) is 0 Å². The lowest BCUT2D eigenvalue weighted by molar-refractivity contribution is 0.208. The largest absolute Gasteiger partial charge is 0.497 e. The van der Waals surface area contributed by atoms with E-state index in [-0.39, 0.29) is 12.1 Å². The van der Waals surface area contributed by atoms with Gasteiger partial charge >= 0.3 is 6.03 Å². The zero-order valence-corrected chi connectivity index (χ0v) is 13.5. The van der Waals surface area contributed by atoms with Gasteiger partial charge in [-0.1, -0.05) is 6.07 Å². The van der Waals surface area contributed by atoms with E-state index < -0.39 is 0 Å². The number of rotatable bonds is 2. The van der Waals surface area contributed by atoms with E-state index in [0.29, 0.717) is 6.54 Å². The molecule has 1 aliphatic heterocycles. The molecule has 5 nitrogen and oxygen atoms in total. The first-order chi connectivity index (χ1) is 11.1. The molecule has 0 aliphatic carbocycles. The van der Waals surface area contributed by atoms with E-state index in [1.54, 1.807) is 12.0 Å². The molecule has 1 aliphatic rings. The normalized spacial score (nSPS) is 16.3. The maximum Gasteiger partial charge on any atom is 0.326 e. The summed E-state index contributed by atoms with van der Waals surface area (Å²) >= 11 is 0. The summed E-state index contributed by atoms with van der Waals surface area (Å²) in [5.41, 5.74) is 2.61. The van der Waals surface area contributed by atoms with E-state index in [4.69, 9.17) is 9.47 Å². The van der Waals surface area contributed by atoms with Gasteiger partial charge in [-0.15, -0.1) is 0 Å². The molecule has 0 aromatic heterocycles. The lowest BCUT2D eigenvalue weighted by Crippen LogP contribution is -2.44. The Balaban J connectivity index is 1.83. The van der Waals surface area contributed by atoms with Crippen LogP contribution in [0.25, 0.3) is 0 Å². The van der Waals surface area contributed by atoms with Gasteiger partial charge in [0.15, 0.2) is 0 Å². The minimum absolute atomic E-state index is 0.0492. The number of hydrogen-bond donors (Lipinski definition) is 1. The maximum absolute atomic E-state index is 12.7. The molecule has 1 heterocycles. The molecule has 2 aromatic rings. The van der Waals surface area contributed by atoms with Gasteiger partial charge in [-0.05, 0) is 55.8 Å². The third-order valence-electron chi connectivity index (χ3n) is 3.76. The molecule has 5 heteroatoms. The highest BCUT2D eigenvalue weighted by atomic mass is 16.5. The van der Waals surface area contributed by atoms with Crippen molar-refractivity contribution < 1.29 is 14.3 Å². The number of ether oxygens (including phenoxy) is 2. The molecule has 0 spiro atoms. The van der Waals surface area contributed by atoms with Gasteiger partial charge in [0.05, 0.1) is 19.3 Å². The first kappa shape index (κ1) is 15.2. The van der Waals surface area contributed by atoms with Gasteiger partial charge in [-0.25, -0.2) is 4.79 Å². The van der Waals surface area contributed by atoms with Crippen LogP contribution in [0.5, 0.6) is 11.5 Å².